The lowest BCUT2D eigenvalue weighted by Crippen LogP contribution is -2.38. The number of carbonyl (C=O) groups is 2. The predicted octanol–water partition coefficient (Wildman–Crippen LogP) is 3.00. The fraction of sp³-hybridized carbons (Fsp3) is 0.476. The second kappa shape index (κ2) is 8.24. The van der Waals surface area contributed by atoms with Crippen LogP contribution in [0.1, 0.15) is 43.8 Å². The third-order valence-electron chi connectivity index (χ3n) is 5.62. The van der Waals surface area contributed by atoms with E-state index in [1.165, 1.54) is 33.5 Å². The first-order valence-corrected chi connectivity index (χ1v) is 9.87. The first-order chi connectivity index (χ1) is 14.1. The first-order valence-electron chi connectivity index (χ1n) is 9.87. The van der Waals surface area contributed by atoms with Crippen molar-refractivity contribution >= 4 is 28.7 Å². The highest BCUT2D eigenvalue weighted by molar-refractivity contribution is 6.03. The second-order valence-corrected chi connectivity index (χ2v) is 7.37. The maximum absolute atomic E-state index is 12.5. The lowest BCUT2D eigenvalue weighted by molar-refractivity contribution is -0.140. The number of H-pyrrole nitrogens is 1. The van der Waals surface area contributed by atoms with Crippen molar-refractivity contribution in [3.8, 4) is 0 Å². The maximum atomic E-state index is 12.5. The number of imidazole rings is 1. The number of nitrogens with one attached hydrogen (secondary N) is 1. The van der Waals surface area contributed by atoms with Gasteiger partial charge in [-0.25, -0.2) is 14.6 Å². The van der Waals surface area contributed by atoms with Crippen molar-refractivity contribution in [2.45, 2.75) is 38.0 Å². The lowest BCUT2D eigenvalue weighted by Gasteiger charge is -2.31. The molecule has 0 spiro atoms. The molecule has 0 bridgehead atoms. The predicted molar refractivity (Wildman–Crippen MR) is 106 cm³/mol. The van der Waals surface area contributed by atoms with E-state index in [9.17, 15) is 9.59 Å². The van der Waals surface area contributed by atoms with Gasteiger partial charge in [-0.1, -0.05) is 19.3 Å². The summed E-state index contributed by atoms with van der Waals surface area (Å²) in [6.07, 6.45) is 6.08. The van der Waals surface area contributed by atoms with E-state index in [1.54, 1.807) is 4.90 Å². The number of benzene rings is 1. The number of methoxy groups -OCH3 is 2. The molecule has 8 nitrogen and oxygen atoms in total. The van der Waals surface area contributed by atoms with Gasteiger partial charge in [0.1, 0.15) is 18.3 Å². The smallest absolute Gasteiger partial charge is 0.355 e. The van der Waals surface area contributed by atoms with Crippen LogP contribution in [0.5, 0.6) is 0 Å². The van der Waals surface area contributed by atoms with Crippen LogP contribution in [0, 0.1) is 0 Å². The average Bonchev–Trinajstić information content (AvgIpc) is 3.21. The molecule has 29 heavy (non-hydrogen) atoms. The molecule has 2 heterocycles. The number of anilines is 1. The van der Waals surface area contributed by atoms with Gasteiger partial charge in [0.05, 0.1) is 37.4 Å². The summed E-state index contributed by atoms with van der Waals surface area (Å²) in [5.74, 6) is 0.263. The Bertz CT molecular complexity index is 958. The van der Waals surface area contributed by atoms with Gasteiger partial charge in [-0.3, -0.25) is 0 Å². The van der Waals surface area contributed by atoms with Gasteiger partial charge in [0.25, 0.3) is 0 Å². The molecule has 8 heteroatoms. The Morgan fingerprint density at radius 1 is 1.14 bits per heavy atom. The number of esters is 2. The molecule has 1 N–H and O–H groups in total. The number of hydrogen-bond acceptors (Lipinski definition) is 7. The molecule has 0 atom stereocenters. The Hall–Kier alpha value is -2.87. The van der Waals surface area contributed by atoms with Crippen molar-refractivity contribution < 1.29 is 23.8 Å². The van der Waals surface area contributed by atoms with Gasteiger partial charge in [0, 0.05) is 11.6 Å². The number of nitrogens with zero attached hydrogens (tertiary/aromatic N) is 2. The van der Waals surface area contributed by atoms with Crippen molar-refractivity contribution in [1.29, 1.82) is 0 Å². The molecule has 0 radical (unpaired) electrons. The van der Waals surface area contributed by atoms with Gasteiger partial charge in [-0.05, 0) is 31.0 Å². The zero-order chi connectivity index (χ0) is 20.4. The molecule has 1 aliphatic heterocycles. The van der Waals surface area contributed by atoms with Gasteiger partial charge >= 0.3 is 11.9 Å². The molecule has 4 rings (SSSR count). The highest BCUT2D eigenvalue weighted by Crippen LogP contribution is 2.33. The molecular formula is C21H25N3O5. The summed E-state index contributed by atoms with van der Waals surface area (Å²) in [5, 5.41) is 0. The van der Waals surface area contributed by atoms with E-state index >= 15 is 0 Å². The topological polar surface area (TPSA) is 93.8 Å². The van der Waals surface area contributed by atoms with E-state index < -0.39 is 11.9 Å². The molecule has 1 fully saturated rings. The molecule has 1 aromatic heterocycles. The third kappa shape index (κ3) is 3.72. The van der Waals surface area contributed by atoms with Crippen LogP contribution in [-0.4, -0.2) is 49.5 Å². The number of ether oxygens (including phenoxy) is 3. The van der Waals surface area contributed by atoms with Crippen molar-refractivity contribution in [1.82, 2.24) is 9.97 Å². The number of rotatable bonds is 4. The fourth-order valence-corrected chi connectivity index (χ4v) is 4.10. The zero-order valence-corrected chi connectivity index (χ0v) is 16.7. The van der Waals surface area contributed by atoms with E-state index in [2.05, 4.69) is 4.98 Å². The van der Waals surface area contributed by atoms with E-state index in [1.807, 2.05) is 18.2 Å². The highest BCUT2D eigenvalue weighted by Gasteiger charge is 2.32. The van der Waals surface area contributed by atoms with Crippen molar-refractivity contribution in [3.63, 3.8) is 0 Å². The Morgan fingerprint density at radius 2 is 1.90 bits per heavy atom. The molecule has 0 saturated heterocycles. The summed E-state index contributed by atoms with van der Waals surface area (Å²) in [6, 6.07) is 5.69. The largest absolute Gasteiger partial charge is 0.466 e. The van der Waals surface area contributed by atoms with Gasteiger partial charge in [0.2, 0.25) is 0 Å². The maximum Gasteiger partial charge on any atom is 0.355 e. The van der Waals surface area contributed by atoms with Gasteiger partial charge in [0.15, 0.2) is 0 Å². The van der Waals surface area contributed by atoms with Crippen LogP contribution in [0.15, 0.2) is 29.5 Å². The van der Waals surface area contributed by atoms with Crippen LogP contribution in [0.25, 0.3) is 11.0 Å². The summed E-state index contributed by atoms with van der Waals surface area (Å²) in [5.41, 5.74) is 2.74. The minimum atomic E-state index is -0.614. The molecule has 0 amide bonds. The second-order valence-electron chi connectivity index (χ2n) is 7.37. The molecule has 0 unspecified atom stereocenters. The van der Waals surface area contributed by atoms with Crippen molar-refractivity contribution in [3.05, 3.63) is 35.3 Å². The van der Waals surface area contributed by atoms with Gasteiger partial charge in [-0.15, -0.1) is 0 Å². The highest BCUT2D eigenvalue weighted by atomic mass is 16.5. The van der Waals surface area contributed by atoms with Crippen LogP contribution in [-0.2, 0) is 23.8 Å². The van der Waals surface area contributed by atoms with Crippen LogP contribution in [0.3, 0.4) is 0 Å². The number of carbonyl (C=O) groups excluding carboxylic acids is 2. The Kier molecular flexibility index (Phi) is 5.53. The Morgan fingerprint density at radius 3 is 2.62 bits per heavy atom. The van der Waals surface area contributed by atoms with E-state index in [0.29, 0.717) is 11.6 Å². The number of aromatic nitrogens is 2. The molecule has 1 aliphatic carbocycles. The number of hydrogen-bond donors (Lipinski definition) is 1. The van der Waals surface area contributed by atoms with Crippen LogP contribution < -0.4 is 4.90 Å². The molecule has 1 saturated carbocycles. The zero-order valence-electron chi connectivity index (χ0n) is 16.7. The molecule has 2 aliphatic rings. The summed E-state index contributed by atoms with van der Waals surface area (Å²) in [6.45, 7) is 0.117. The van der Waals surface area contributed by atoms with E-state index in [-0.39, 0.29) is 24.6 Å². The normalized spacial score (nSPS) is 18.2. The van der Waals surface area contributed by atoms with Gasteiger partial charge in [-0.2, -0.15) is 0 Å². The van der Waals surface area contributed by atoms with E-state index in [0.717, 1.165) is 29.7 Å². The fourth-order valence-electron chi connectivity index (χ4n) is 4.10. The monoisotopic (exact) mass is 399 g/mol. The summed E-state index contributed by atoms with van der Waals surface area (Å²) >= 11 is 0. The third-order valence-corrected chi connectivity index (χ3v) is 5.62. The summed E-state index contributed by atoms with van der Waals surface area (Å²) in [7, 11) is 2.55. The van der Waals surface area contributed by atoms with Crippen molar-refractivity contribution in [2.24, 2.45) is 0 Å². The number of aromatic amines is 1. The van der Waals surface area contributed by atoms with Crippen molar-refractivity contribution in [2.75, 3.05) is 32.5 Å². The Labute approximate surface area is 168 Å². The molecular weight excluding hydrogens is 374 g/mol. The summed E-state index contributed by atoms with van der Waals surface area (Å²) < 4.78 is 15.3. The van der Waals surface area contributed by atoms with Crippen LogP contribution in [0.4, 0.5) is 5.69 Å². The minimum absolute atomic E-state index is 0.00820. The number of fused-ring (bicyclic) bond motifs is 1. The molecule has 154 valence electrons. The molecule has 2 aromatic rings. The standard InChI is InChI=1S/C21H25N3O5/c1-27-20(25)15-11-29-12-24(18(15)21(26)28-2)14-8-9-16-17(10-14)23-19(22-16)13-6-4-3-5-7-13/h8-10,13H,3-7,11-12H2,1-2H3,(H,22,23). The summed E-state index contributed by atoms with van der Waals surface area (Å²) in [4.78, 5) is 34.4. The SMILES string of the molecule is COC(=O)C1=C(C(=O)OC)N(c2ccc3nc(C4CCCCC4)[nH]c3c2)COC1. The lowest BCUT2D eigenvalue weighted by atomic mass is 9.89. The van der Waals surface area contributed by atoms with E-state index in [4.69, 9.17) is 19.2 Å². The van der Waals surface area contributed by atoms with Gasteiger partial charge < -0.3 is 24.1 Å². The average molecular weight is 399 g/mol. The molecule has 1 aromatic carbocycles. The van der Waals surface area contributed by atoms with Crippen LogP contribution >= 0.6 is 0 Å². The van der Waals surface area contributed by atoms with Crippen LogP contribution in [0.2, 0.25) is 0 Å². The first kappa shape index (κ1) is 19.4. The Balaban J connectivity index is 1.72. The quantitative estimate of drug-likeness (QED) is 0.790. The minimum Gasteiger partial charge on any atom is -0.466 e.